The van der Waals surface area contributed by atoms with Crippen molar-refractivity contribution in [3.8, 4) is 0 Å². The number of rotatable bonds is 3. The van der Waals surface area contributed by atoms with E-state index in [1.807, 2.05) is 0 Å². The van der Waals surface area contributed by atoms with Crippen LogP contribution in [0.15, 0.2) is 36.5 Å². The Hall–Kier alpha value is -2.11. The molecule has 0 radical (unpaired) electrons. The quantitative estimate of drug-likeness (QED) is 0.829. The number of benzene rings is 1. The van der Waals surface area contributed by atoms with Crippen LogP contribution >= 0.6 is 0 Å². The normalized spacial score (nSPS) is 13.0. The highest BCUT2D eigenvalue weighted by atomic mass is 19.4. The monoisotopic (exact) mass is 298 g/mol. The number of anilines is 1. The predicted octanol–water partition coefficient (Wildman–Crippen LogP) is 4.72. The second kappa shape index (κ2) is 5.71. The number of nitrogens with one attached hydrogen (secondary N) is 1. The Kier molecular flexibility index (Phi) is 4.16. The summed E-state index contributed by atoms with van der Waals surface area (Å²) >= 11 is 0. The Morgan fingerprint density at radius 2 is 1.86 bits per heavy atom. The van der Waals surface area contributed by atoms with Gasteiger partial charge in [-0.1, -0.05) is 6.07 Å². The summed E-state index contributed by atoms with van der Waals surface area (Å²) in [5, 5.41) is 2.97. The molecule has 1 atom stereocenters. The molecule has 0 bridgehead atoms. The number of nitrogens with zero attached hydrogens (tertiary/aromatic N) is 1. The maximum absolute atomic E-state index is 12.8. The zero-order valence-electron chi connectivity index (χ0n) is 11.5. The first-order valence-electron chi connectivity index (χ1n) is 6.33. The van der Waals surface area contributed by atoms with Crippen LogP contribution in [0, 0.1) is 12.7 Å². The lowest BCUT2D eigenvalue weighted by molar-refractivity contribution is -0.137. The van der Waals surface area contributed by atoms with Crippen molar-refractivity contribution in [1.82, 2.24) is 4.98 Å². The average Bonchev–Trinajstić information content (AvgIpc) is 2.40. The molecule has 1 heterocycles. The molecule has 0 fully saturated rings. The molecule has 0 aliphatic heterocycles. The molecular formula is C15H14F4N2. The highest BCUT2D eigenvalue weighted by Gasteiger charge is 2.30. The van der Waals surface area contributed by atoms with Gasteiger partial charge in [0.15, 0.2) is 0 Å². The van der Waals surface area contributed by atoms with Crippen molar-refractivity contribution >= 4 is 5.69 Å². The average molecular weight is 298 g/mol. The topological polar surface area (TPSA) is 24.9 Å². The second-order valence-electron chi connectivity index (χ2n) is 4.79. The van der Waals surface area contributed by atoms with Crippen LogP contribution in [0.25, 0.3) is 0 Å². The lowest BCUT2D eigenvalue weighted by atomic mass is 10.1. The van der Waals surface area contributed by atoms with Crippen LogP contribution < -0.4 is 5.32 Å². The summed E-state index contributed by atoms with van der Waals surface area (Å²) in [4.78, 5) is 3.92. The molecule has 0 spiro atoms. The summed E-state index contributed by atoms with van der Waals surface area (Å²) < 4.78 is 51.0. The van der Waals surface area contributed by atoms with E-state index in [1.54, 1.807) is 13.8 Å². The second-order valence-corrected chi connectivity index (χ2v) is 4.79. The zero-order chi connectivity index (χ0) is 15.6. The molecule has 1 aromatic carbocycles. The van der Waals surface area contributed by atoms with Crippen LogP contribution in [-0.2, 0) is 6.18 Å². The van der Waals surface area contributed by atoms with Gasteiger partial charge in [-0.25, -0.2) is 4.39 Å². The van der Waals surface area contributed by atoms with Crippen LogP contribution in [-0.4, -0.2) is 4.98 Å². The molecule has 0 saturated heterocycles. The first-order chi connectivity index (χ1) is 9.77. The molecule has 112 valence electrons. The highest BCUT2D eigenvalue weighted by molar-refractivity contribution is 5.54. The van der Waals surface area contributed by atoms with Crippen LogP contribution in [0.3, 0.4) is 0 Å². The standard InChI is InChI=1S/C15H14F4N2/c1-9-3-4-11(15(17,18)19)7-14(9)21-10(2)13-6-5-12(16)8-20-13/h3-8,10,21H,1-2H3. The Morgan fingerprint density at radius 1 is 1.14 bits per heavy atom. The molecule has 2 nitrogen and oxygen atoms in total. The van der Waals surface area contributed by atoms with Crippen molar-refractivity contribution in [3.05, 3.63) is 59.2 Å². The van der Waals surface area contributed by atoms with Crippen LogP contribution in [0.4, 0.5) is 23.2 Å². The zero-order valence-corrected chi connectivity index (χ0v) is 11.5. The lowest BCUT2D eigenvalue weighted by Gasteiger charge is -2.18. The largest absolute Gasteiger partial charge is 0.416 e. The van der Waals surface area contributed by atoms with Gasteiger partial charge in [0.1, 0.15) is 5.82 Å². The number of pyridine rings is 1. The fraction of sp³-hybridized carbons (Fsp3) is 0.267. The van der Waals surface area contributed by atoms with E-state index in [4.69, 9.17) is 0 Å². The maximum atomic E-state index is 12.8. The first-order valence-corrected chi connectivity index (χ1v) is 6.33. The van der Waals surface area contributed by atoms with Gasteiger partial charge in [-0.05, 0) is 43.7 Å². The summed E-state index contributed by atoms with van der Waals surface area (Å²) in [7, 11) is 0. The minimum absolute atomic E-state index is 0.340. The molecule has 1 unspecified atom stereocenters. The predicted molar refractivity (Wildman–Crippen MR) is 72.4 cm³/mol. The summed E-state index contributed by atoms with van der Waals surface area (Å²) in [6, 6.07) is 5.94. The number of aromatic nitrogens is 1. The Balaban J connectivity index is 2.24. The molecule has 0 aliphatic carbocycles. The van der Waals surface area contributed by atoms with Crippen molar-refractivity contribution in [1.29, 1.82) is 0 Å². The number of hydrogen-bond donors (Lipinski definition) is 1. The van der Waals surface area contributed by atoms with Crippen LogP contribution in [0.2, 0.25) is 0 Å². The molecule has 1 aromatic heterocycles. The van der Waals surface area contributed by atoms with Gasteiger partial charge in [-0.15, -0.1) is 0 Å². The fourth-order valence-corrected chi connectivity index (χ4v) is 1.90. The first kappa shape index (κ1) is 15.3. The van der Waals surface area contributed by atoms with Gasteiger partial charge in [-0.3, -0.25) is 4.98 Å². The molecule has 6 heteroatoms. The molecule has 21 heavy (non-hydrogen) atoms. The van der Waals surface area contributed by atoms with E-state index in [9.17, 15) is 17.6 Å². The highest BCUT2D eigenvalue weighted by Crippen LogP contribution is 2.33. The van der Waals surface area contributed by atoms with Crippen LogP contribution in [0.1, 0.15) is 29.8 Å². The molecule has 2 rings (SSSR count). The SMILES string of the molecule is Cc1ccc(C(F)(F)F)cc1NC(C)c1ccc(F)cn1. The molecule has 0 saturated carbocycles. The third kappa shape index (κ3) is 3.71. The Morgan fingerprint density at radius 3 is 2.43 bits per heavy atom. The molecular weight excluding hydrogens is 284 g/mol. The Labute approximate surface area is 119 Å². The fourth-order valence-electron chi connectivity index (χ4n) is 1.90. The van der Waals surface area contributed by atoms with E-state index >= 15 is 0 Å². The summed E-state index contributed by atoms with van der Waals surface area (Å²) in [5.74, 6) is -0.457. The number of alkyl halides is 3. The van der Waals surface area contributed by atoms with Crippen molar-refractivity contribution in [2.75, 3.05) is 5.32 Å². The minimum Gasteiger partial charge on any atom is -0.377 e. The number of hydrogen-bond acceptors (Lipinski definition) is 2. The van der Waals surface area contributed by atoms with Crippen molar-refractivity contribution in [3.63, 3.8) is 0 Å². The van der Waals surface area contributed by atoms with Gasteiger partial charge < -0.3 is 5.32 Å². The van der Waals surface area contributed by atoms with Crippen LogP contribution in [0.5, 0.6) is 0 Å². The lowest BCUT2D eigenvalue weighted by Crippen LogP contribution is -2.11. The van der Waals surface area contributed by atoms with E-state index in [2.05, 4.69) is 10.3 Å². The van der Waals surface area contributed by atoms with Gasteiger partial charge in [0.25, 0.3) is 0 Å². The molecule has 2 aromatic rings. The van der Waals surface area contributed by atoms with Gasteiger partial charge in [0.05, 0.1) is 23.5 Å². The number of aryl methyl sites for hydroxylation is 1. The summed E-state index contributed by atoms with van der Waals surface area (Å²) in [5.41, 5.74) is 0.906. The van der Waals surface area contributed by atoms with E-state index in [0.717, 1.165) is 18.3 Å². The Bertz CT molecular complexity index is 621. The summed E-state index contributed by atoms with van der Waals surface area (Å²) in [6.07, 6.45) is -3.31. The van der Waals surface area contributed by atoms with Crippen molar-refractivity contribution < 1.29 is 17.6 Å². The minimum atomic E-state index is -4.39. The molecule has 0 aliphatic rings. The van der Waals surface area contributed by atoms with Crippen molar-refractivity contribution in [2.45, 2.75) is 26.1 Å². The third-order valence-corrected chi connectivity index (χ3v) is 3.13. The molecule has 0 amide bonds. The van der Waals surface area contributed by atoms with Gasteiger partial charge in [0, 0.05) is 5.69 Å². The van der Waals surface area contributed by atoms with E-state index in [-0.39, 0.29) is 6.04 Å². The van der Waals surface area contributed by atoms with E-state index in [0.29, 0.717) is 16.9 Å². The van der Waals surface area contributed by atoms with E-state index < -0.39 is 17.6 Å². The smallest absolute Gasteiger partial charge is 0.377 e. The third-order valence-electron chi connectivity index (χ3n) is 3.13. The number of halogens is 4. The maximum Gasteiger partial charge on any atom is 0.416 e. The molecule has 1 N–H and O–H groups in total. The summed E-state index contributed by atoms with van der Waals surface area (Å²) in [6.45, 7) is 3.47. The van der Waals surface area contributed by atoms with Gasteiger partial charge in [-0.2, -0.15) is 13.2 Å². The van der Waals surface area contributed by atoms with Gasteiger partial charge in [0.2, 0.25) is 0 Å². The van der Waals surface area contributed by atoms with E-state index in [1.165, 1.54) is 18.2 Å². The van der Waals surface area contributed by atoms with Gasteiger partial charge >= 0.3 is 6.18 Å². The van der Waals surface area contributed by atoms with Crippen molar-refractivity contribution in [2.24, 2.45) is 0 Å².